The summed E-state index contributed by atoms with van der Waals surface area (Å²) in [6.07, 6.45) is 10.7. The molecule has 1 heterocycles. The van der Waals surface area contributed by atoms with Gasteiger partial charge < -0.3 is 5.53 Å². The zero-order valence-electron chi connectivity index (χ0n) is 23.6. The molecule has 1 aliphatic rings. The predicted octanol–water partition coefficient (Wildman–Crippen LogP) is 9.85. The first-order chi connectivity index (χ1) is 16.7. The molecule has 0 radical (unpaired) electrons. The van der Waals surface area contributed by atoms with Crippen LogP contribution in [0.25, 0.3) is 16.9 Å². The van der Waals surface area contributed by atoms with E-state index in [0.29, 0.717) is 0 Å². The van der Waals surface area contributed by atoms with E-state index in [9.17, 15) is 5.53 Å². The molecule has 0 N–H and O–H groups in total. The van der Waals surface area contributed by atoms with Crippen molar-refractivity contribution < 1.29 is 4.70 Å². The van der Waals surface area contributed by atoms with Crippen molar-refractivity contribution in [3.05, 3.63) is 85.5 Å². The molecule has 2 nitrogen and oxygen atoms in total. The van der Waals surface area contributed by atoms with Gasteiger partial charge in [-0.15, -0.1) is 0 Å². The van der Waals surface area contributed by atoms with Crippen molar-refractivity contribution in [2.45, 2.75) is 113 Å². The first kappa shape index (κ1) is 27.1. The summed E-state index contributed by atoms with van der Waals surface area (Å²) in [5.74, 6) is 0. The molecule has 0 amide bonds. The largest absolute Gasteiger partial charge is 0.493 e. The summed E-state index contributed by atoms with van der Waals surface area (Å²) in [6.45, 7) is 17.6. The van der Waals surface area contributed by atoms with Crippen LogP contribution in [-0.2, 0) is 19.3 Å². The van der Waals surface area contributed by atoms with Crippen LogP contribution in [-0.4, -0.2) is 4.70 Å². The van der Waals surface area contributed by atoms with E-state index in [2.05, 4.69) is 79.7 Å². The molecule has 35 heavy (non-hydrogen) atoms. The summed E-state index contributed by atoms with van der Waals surface area (Å²) in [6, 6.07) is 9.21. The molecule has 0 saturated heterocycles. The van der Waals surface area contributed by atoms with Crippen LogP contribution in [0.2, 0.25) is 0 Å². The van der Waals surface area contributed by atoms with E-state index >= 15 is 0 Å². The van der Waals surface area contributed by atoms with Gasteiger partial charge in [-0.25, -0.2) is 4.70 Å². The van der Waals surface area contributed by atoms with Gasteiger partial charge in [0.1, 0.15) is 0 Å². The van der Waals surface area contributed by atoms with Gasteiger partial charge in [0.2, 0.25) is 11.4 Å². The predicted molar refractivity (Wildman–Crippen MR) is 152 cm³/mol. The highest BCUT2D eigenvalue weighted by Gasteiger charge is 2.32. The Kier molecular flexibility index (Phi) is 9.27. The van der Waals surface area contributed by atoms with Gasteiger partial charge in [0, 0.05) is 22.3 Å². The monoisotopic (exact) mass is 470 g/mol. The molecule has 0 bridgehead atoms. The van der Waals surface area contributed by atoms with Crippen LogP contribution in [0.4, 0.5) is 0 Å². The zero-order valence-corrected chi connectivity index (χ0v) is 23.6. The SMILES string of the molecule is CCCCc1cc(C2=C(C)C(C)=C(c3cc(C)c(C)c(C)c3)[N+]2=[N-])cc(CCCC)c1CCCC. The first-order valence-electron chi connectivity index (χ1n) is 13.9. The average molecular weight is 471 g/mol. The van der Waals surface area contributed by atoms with Gasteiger partial charge in [-0.3, -0.25) is 0 Å². The molecular formula is C33H46N2. The van der Waals surface area contributed by atoms with E-state index in [4.69, 9.17) is 0 Å². The number of nitrogens with zero attached hydrogens (tertiary/aromatic N) is 2. The zero-order chi connectivity index (χ0) is 25.7. The Morgan fingerprint density at radius 2 is 1.00 bits per heavy atom. The van der Waals surface area contributed by atoms with Crippen LogP contribution in [0.15, 0.2) is 35.4 Å². The van der Waals surface area contributed by atoms with Crippen molar-refractivity contribution >= 4 is 11.4 Å². The lowest BCUT2D eigenvalue weighted by Crippen LogP contribution is -2.07. The van der Waals surface area contributed by atoms with Crippen LogP contribution in [0.5, 0.6) is 0 Å². The van der Waals surface area contributed by atoms with E-state index in [0.717, 1.165) is 40.9 Å². The van der Waals surface area contributed by atoms with E-state index < -0.39 is 0 Å². The van der Waals surface area contributed by atoms with Crippen LogP contribution in [0, 0.1) is 20.8 Å². The van der Waals surface area contributed by atoms with E-state index in [1.807, 2.05) is 0 Å². The second-order valence-electron chi connectivity index (χ2n) is 10.6. The summed E-state index contributed by atoms with van der Waals surface area (Å²) < 4.78 is 1.47. The Bertz CT molecular complexity index is 1110. The van der Waals surface area contributed by atoms with Crippen molar-refractivity contribution in [1.29, 1.82) is 0 Å². The molecule has 0 spiro atoms. The van der Waals surface area contributed by atoms with Gasteiger partial charge in [-0.05, 0) is 131 Å². The van der Waals surface area contributed by atoms with Gasteiger partial charge in [0.05, 0.1) is 0 Å². The van der Waals surface area contributed by atoms with Crippen molar-refractivity contribution in [2.75, 3.05) is 0 Å². The third kappa shape index (κ3) is 5.68. The van der Waals surface area contributed by atoms with Crippen LogP contribution >= 0.6 is 0 Å². The molecule has 3 rings (SSSR count). The second-order valence-corrected chi connectivity index (χ2v) is 10.6. The number of rotatable bonds is 11. The Morgan fingerprint density at radius 3 is 1.43 bits per heavy atom. The third-order valence-corrected chi connectivity index (χ3v) is 7.98. The molecule has 188 valence electrons. The van der Waals surface area contributed by atoms with Crippen LogP contribution in [0.1, 0.15) is 118 Å². The van der Waals surface area contributed by atoms with Crippen LogP contribution < -0.4 is 0 Å². The lowest BCUT2D eigenvalue weighted by atomic mass is 9.88. The molecule has 2 heteroatoms. The molecule has 0 unspecified atom stereocenters. The van der Waals surface area contributed by atoms with Gasteiger partial charge in [0.25, 0.3) is 0 Å². The molecule has 0 saturated carbocycles. The lowest BCUT2D eigenvalue weighted by Gasteiger charge is -2.18. The number of hydrogen-bond acceptors (Lipinski definition) is 0. The lowest BCUT2D eigenvalue weighted by molar-refractivity contribution is -0.345. The number of unbranched alkanes of at least 4 members (excludes halogenated alkanes) is 3. The smallest absolute Gasteiger partial charge is 0.210 e. The molecule has 2 aromatic carbocycles. The van der Waals surface area contributed by atoms with Crippen molar-refractivity contribution in [3.63, 3.8) is 0 Å². The number of benzene rings is 2. The number of aryl methyl sites for hydroxylation is 4. The van der Waals surface area contributed by atoms with Crippen molar-refractivity contribution in [2.24, 2.45) is 0 Å². The molecular weight excluding hydrogens is 424 g/mol. The highest BCUT2D eigenvalue weighted by molar-refractivity contribution is 5.82. The Hall–Kier alpha value is -2.48. The minimum Gasteiger partial charge on any atom is -0.493 e. The number of hydrogen-bond donors (Lipinski definition) is 0. The summed E-state index contributed by atoms with van der Waals surface area (Å²) in [5.41, 5.74) is 26.5. The highest BCUT2D eigenvalue weighted by Crippen LogP contribution is 2.41. The summed E-state index contributed by atoms with van der Waals surface area (Å²) >= 11 is 0. The number of allylic oxidation sites excluding steroid dienone is 2. The maximum absolute atomic E-state index is 11.6. The fourth-order valence-corrected chi connectivity index (χ4v) is 5.42. The van der Waals surface area contributed by atoms with Crippen molar-refractivity contribution in [1.82, 2.24) is 0 Å². The van der Waals surface area contributed by atoms with Crippen LogP contribution in [0.3, 0.4) is 0 Å². The normalized spacial score (nSPS) is 14.0. The van der Waals surface area contributed by atoms with E-state index in [-0.39, 0.29) is 0 Å². The summed E-state index contributed by atoms with van der Waals surface area (Å²) in [7, 11) is 0. The maximum atomic E-state index is 11.6. The molecule has 0 aromatic heterocycles. The minimum atomic E-state index is 0.920. The van der Waals surface area contributed by atoms with Gasteiger partial charge in [-0.2, -0.15) is 0 Å². The second kappa shape index (κ2) is 12.0. The fourth-order valence-electron chi connectivity index (χ4n) is 5.42. The minimum absolute atomic E-state index is 0.920. The van der Waals surface area contributed by atoms with Gasteiger partial charge >= 0.3 is 0 Å². The average Bonchev–Trinajstić information content (AvgIpc) is 3.06. The highest BCUT2D eigenvalue weighted by atomic mass is 15.2. The molecule has 1 aliphatic heterocycles. The third-order valence-electron chi connectivity index (χ3n) is 7.98. The molecule has 0 fully saturated rings. The summed E-state index contributed by atoms with van der Waals surface area (Å²) in [4.78, 5) is 0. The Labute approximate surface area is 214 Å². The van der Waals surface area contributed by atoms with E-state index in [1.165, 1.54) is 83.0 Å². The van der Waals surface area contributed by atoms with Gasteiger partial charge in [0.15, 0.2) is 0 Å². The fraction of sp³-hybridized carbons (Fsp3) is 0.515. The first-order valence-corrected chi connectivity index (χ1v) is 13.9. The standard InChI is InChI=1S/C33H46N2/c1-9-12-15-27-20-30(21-28(16-13-10-2)31(27)17-14-11-3)33-26(8)25(7)32(35(33)34)29-18-22(4)24(6)23(5)19-29/h18-21H,9-17H2,1-8H3. The topological polar surface area (TPSA) is 25.3 Å². The summed E-state index contributed by atoms with van der Waals surface area (Å²) in [5, 5.41) is 0. The quantitative estimate of drug-likeness (QED) is 0.292. The van der Waals surface area contributed by atoms with E-state index in [1.54, 1.807) is 5.56 Å². The van der Waals surface area contributed by atoms with Crippen molar-refractivity contribution in [3.8, 4) is 0 Å². The molecule has 0 atom stereocenters. The Balaban J connectivity index is 2.12. The molecule has 2 aromatic rings. The Morgan fingerprint density at radius 1 is 0.600 bits per heavy atom. The maximum Gasteiger partial charge on any atom is 0.210 e. The van der Waals surface area contributed by atoms with Gasteiger partial charge in [-0.1, -0.05) is 40.0 Å². The molecule has 0 aliphatic carbocycles.